The number of rotatable bonds is 43. The topological polar surface area (TPSA) is 78.9 Å². The summed E-state index contributed by atoms with van der Waals surface area (Å²) in [6.45, 7) is 6.29. The fourth-order valence-electron chi connectivity index (χ4n) is 6.50. The number of esters is 3. The van der Waals surface area contributed by atoms with Gasteiger partial charge >= 0.3 is 17.9 Å². The SMILES string of the molecule is CC/C=C/C=C/C=C/C=C/CCCCCC(=O)OC(COC(=O)CCCCCCC/C=C/C=C/C=C/CC)COC(=O)CCCCCCCCC/C=C/CCCCCCCC. The van der Waals surface area contributed by atoms with Crippen LogP contribution < -0.4 is 0 Å². The summed E-state index contributed by atoms with van der Waals surface area (Å²) in [5, 5.41) is 0. The minimum Gasteiger partial charge on any atom is -0.462 e. The van der Waals surface area contributed by atoms with Crippen molar-refractivity contribution in [3.05, 3.63) is 97.2 Å². The molecule has 0 aliphatic heterocycles. The predicted molar refractivity (Wildman–Crippen MR) is 260 cm³/mol. The Kier molecular flexibility index (Phi) is 46.0. The van der Waals surface area contributed by atoms with E-state index >= 15 is 0 Å². The van der Waals surface area contributed by atoms with Gasteiger partial charge < -0.3 is 14.2 Å². The van der Waals surface area contributed by atoms with Gasteiger partial charge in [-0.15, -0.1) is 0 Å². The van der Waals surface area contributed by atoms with E-state index in [1.54, 1.807) is 0 Å². The van der Waals surface area contributed by atoms with Crippen molar-refractivity contribution in [2.45, 2.75) is 219 Å². The highest BCUT2D eigenvalue weighted by Crippen LogP contribution is 2.13. The second-order valence-corrected chi connectivity index (χ2v) is 16.1. The smallest absolute Gasteiger partial charge is 0.306 e. The molecule has 0 fully saturated rings. The summed E-state index contributed by atoms with van der Waals surface area (Å²) in [6, 6.07) is 0. The van der Waals surface area contributed by atoms with Crippen molar-refractivity contribution in [3.8, 4) is 0 Å². The maximum absolute atomic E-state index is 12.7. The molecule has 1 atom stereocenters. The minimum atomic E-state index is -0.808. The lowest BCUT2D eigenvalue weighted by molar-refractivity contribution is -0.167. The molecule has 6 heteroatoms. The Bertz CT molecular complexity index is 1250. The second-order valence-electron chi connectivity index (χ2n) is 16.1. The van der Waals surface area contributed by atoms with E-state index < -0.39 is 6.10 Å². The molecule has 6 nitrogen and oxygen atoms in total. The quantitative estimate of drug-likeness (QED) is 0.0200. The number of unbranched alkanes of at least 4 members (excludes halogenated alkanes) is 21. The molecule has 0 aliphatic rings. The van der Waals surface area contributed by atoms with E-state index in [2.05, 4.69) is 81.5 Å². The van der Waals surface area contributed by atoms with E-state index in [4.69, 9.17) is 14.2 Å². The summed E-state index contributed by atoms with van der Waals surface area (Å²) in [5.41, 5.74) is 0. The van der Waals surface area contributed by atoms with Crippen molar-refractivity contribution in [3.63, 3.8) is 0 Å². The number of hydrogen-bond donors (Lipinski definition) is 0. The molecule has 0 heterocycles. The van der Waals surface area contributed by atoms with Crippen LogP contribution in [-0.4, -0.2) is 37.2 Å². The standard InChI is InChI=1S/C55H90O6/c1-4-7-10-13-16-19-22-25-26-27-28-31-33-36-39-42-45-48-54(57)60-51-52(61-55(58)49-46-43-40-37-34-30-24-21-18-15-12-9-6-3)50-59-53(56)47-44-41-38-35-32-29-23-20-17-14-11-8-5-2/h8-9,11-12,14-15,17-18,20-21,23-26,30,34,52H,4-7,10,13,16,19,22,27-29,31-33,35-51H2,1-3H3/b11-8+,12-9+,17-14+,18-15+,23-20+,24-21+,26-25+,34-30+. The molecule has 0 aromatic rings. The lowest BCUT2D eigenvalue weighted by atomic mass is 10.1. The van der Waals surface area contributed by atoms with E-state index in [-0.39, 0.29) is 37.5 Å². The van der Waals surface area contributed by atoms with Crippen LogP contribution in [0.3, 0.4) is 0 Å². The Balaban J connectivity index is 4.46. The molecule has 61 heavy (non-hydrogen) atoms. The zero-order valence-corrected chi connectivity index (χ0v) is 39.4. The van der Waals surface area contributed by atoms with Gasteiger partial charge in [0.25, 0.3) is 0 Å². The van der Waals surface area contributed by atoms with E-state index in [0.717, 1.165) is 89.9 Å². The lowest BCUT2D eigenvalue weighted by Gasteiger charge is -2.18. The first-order valence-corrected chi connectivity index (χ1v) is 24.8. The molecule has 0 aliphatic carbocycles. The zero-order valence-electron chi connectivity index (χ0n) is 39.4. The van der Waals surface area contributed by atoms with Crippen molar-refractivity contribution in [1.29, 1.82) is 0 Å². The summed E-state index contributed by atoms with van der Waals surface area (Å²) in [5.74, 6) is -0.974. The number of ether oxygens (including phenoxy) is 3. The van der Waals surface area contributed by atoms with Gasteiger partial charge in [-0.2, -0.15) is 0 Å². The first-order chi connectivity index (χ1) is 30.0. The van der Waals surface area contributed by atoms with Gasteiger partial charge in [-0.05, 0) is 83.5 Å². The molecule has 0 N–H and O–H groups in total. The number of carbonyl (C=O) groups excluding carboxylic acids is 3. The van der Waals surface area contributed by atoms with Crippen LogP contribution in [0.2, 0.25) is 0 Å². The molecule has 1 unspecified atom stereocenters. The summed E-state index contributed by atoms with van der Waals surface area (Å²) in [4.78, 5) is 37.9. The molecule has 0 rings (SSSR count). The number of carbonyl (C=O) groups is 3. The lowest BCUT2D eigenvalue weighted by Crippen LogP contribution is -2.30. The van der Waals surface area contributed by atoms with Crippen LogP contribution >= 0.6 is 0 Å². The molecule has 346 valence electrons. The molecule has 0 saturated heterocycles. The predicted octanol–water partition coefficient (Wildman–Crippen LogP) is 16.2. The van der Waals surface area contributed by atoms with Gasteiger partial charge in [0.05, 0.1) is 0 Å². The Morgan fingerprint density at radius 3 is 1.07 bits per heavy atom. The average Bonchev–Trinajstić information content (AvgIpc) is 3.26. The van der Waals surface area contributed by atoms with Gasteiger partial charge in [0.1, 0.15) is 13.2 Å². The van der Waals surface area contributed by atoms with Gasteiger partial charge in [-0.3, -0.25) is 14.4 Å². The van der Waals surface area contributed by atoms with E-state index in [1.165, 1.54) is 77.0 Å². The molecule has 0 saturated carbocycles. The Morgan fingerprint density at radius 1 is 0.344 bits per heavy atom. The Hall–Kier alpha value is -3.67. The van der Waals surface area contributed by atoms with Gasteiger partial charge in [0, 0.05) is 19.3 Å². The first kappa shape index (κ1) is 57.3. The van der Waals surface area contributed by atoms with Crippen molar-refractivity contribution < 1.29 is 28.6 Å². The van der Waals surface area contributed by atoms with Crippen molar-refractivity contribution in [2.75, 3.05) is 13.2 Å². The molecular formula is C55H90O6. The van der Waals surface area contributed by atoms with Crippen LogP contribution in [0.15, 0.2) is 97.2 Å². The summed E-state index contributed by atoms with van der Waals surface area (Å²) >= 11 is 0. The van der Waals surface area contributed by atoms with Gasteiger partial charge in [-0.1, -0.05) is 208 Å². The van der Waals surface area contributed by atoms with E-state index in [0.29, 0.717) is 19.3 Å². The number of allylic oxidation sites excluding steroid dienone is 16. The normalized spacial score (nSPS) is 12.9. The zero-order chi connectivity index (χ0) is 44.4. The van der Waals surface area contributed by atoms with Crippen LogP contribution in [0.4, 0.5) is 0 Å². The third kappa shape index (κ3) is 47.2. The second kappa shape index (κ2) is 49.0. The van der Waals surface area contributed by atoms with Gasteiger partial charge in [0.2, 0.25) is 0 Å². The molecule has 0 bridgehead atoms. The summed E-state index contributed by atoms with van der Waals surface area (Å²) in [6.07, 6.45) is 63.9. The highest BCUT2D eigenvalue weighted by molar-refractivity contribution is 5.71. The van der Waals surface area contributed by atoms with Gasteiger partial charge in [0.15, 0.2) is 6.10 Å². The molecule has 0 aromatic carbocycles. The van der Waals surface area contributed by atoms with Gasteiger partial charge in [-0.25, -0.2) is 0 Å². The Labute approximate surface area is 375 Å². The van der Waals surface area contributed by atoms with Crippen LogP contribution in [0.25, 0.3) is 0 Å². The van der Waals surface area contributed by atoms with Crippen LogP contribution in [0, 0.1) is 0 Å². The molecule has 0 radical (unpaired) electrons. The molecule has 0 aromatic heterocycles. The van der Waals surface area contributed by atoms with Crippen molar-refractivity contribution in [2.24, 2.45) is 0 Å². The van der Waals surface area contributed by atoms with E-state index in [1.807, 2.05) is 36.5 Å². The van der Waals surface area contributed by atoms with Crippen molar-refractivity contribution >= 4 is 17.9 Å². The third-order valence-electron chi connectivity index (χ3n) is 10.2. The fourth-order valence-corrected chi connectivity index (χ4v) is 6.50. The highest BCUT2D eigenvalue weighted by Gasteiger charge is 2.19. The van der Waals surface area contributed by atoms with E-state index in [9.17, 15) is 14.4 Å². The summed E-state index contributed by atoms with van der Waals surface area (Å²) in [7, 11) is 0. The average molecular weight is 847 g/mol. The molecule has 0 spiro atoms. The monoisotopic (exact) mass is 847 g/mol. The first-order valence-electron chi connectivity index (χ1n) is 24.8. The van der Waals surface area contributed by atoms with Crippen LogP contribution in [0.5, 0.6) is 0 Å². The van der Waals surface area contributed by atoms with Crippen molar-refractivity contribution in [1.82, 2.24) is 0 Å². The number of hydrogen-bond acceptors (Lipinski definition) is 6. The fraction of sp³-hybridized carbons (Fsp3) is 0.655. The minimum absolute atomic E-state index is 0.104. The Morgan fingerprint density at radius 2 is 0.656 bits per heavy atom. The molecular weight excluding hydrogens is 757 g/mol. The third-order valence-corrected chi connectivity index (χ3v) is 10.2. The largest absolute Gasteiger partial charge is 0.462 e. The maximum atomic E-state index is 12.7. The van der Waals surface area contributed by atoms with Crippen LogP contribution in [0.1, 0.15) is 213 Å². The van der Waals surface area contributed by atoms with Crippen LogP contribution in [-0.2, 0) is 28.6 Å². The summed E-state index contributed by atoms with van der Waals surface area (Å²) < 4.78 is 16.7. The highest BCUT2D eigenvalue weighted by atomic mass is 16.6. The molecule has 0 amide bonds. The maximum Gasteiger partial charge on any atom is 0.306 e.